The number of rotatable bonds is 1. The summed E-state index contributed by atoms with van der Waals surface area (Å²) in [6, 6.07) is 5.43. The Hall–Kier alpha value is -1.50. The van der Waals surface area contributed by atoms with Crippen LogP contribution in [-0.2, 0) is 14.0 Å². The highest BCUT2D eigenvalue weighted by Crippen LogP contribution is 2.37. The SMILES string of the molecule is CC(C)(C)OC(=O)n1cc(B2OC(C)(C)C(C)(C)O2)c2c(Cl)cccc21. The summed E-state index contributed by atoms with van der Waals surface area (Å²) in [5.74, 6) is 0. The molecule has 0 saturated carbocycles. The van der Waals surface area contributed by atoms with Crippen molar-refractivity contribution in [1.29, 1.82) is 0 Å². The van der Waals surface area contributed by atoms with Crippen LogP contribution in [0, 0.1) is 0 Å². The molecule has 3 rings (SSSR count). The van der Waals surface area contributed by atoms with Crippen molar-refractivity contribution in [3.05, 3.63) is 29.4 Å². The minimum absolute atomic E-state index is 0.465. The van der Waals surface area contributed by atoms with Gasteiger partial charge in [-0.2, -0.15) is 0 Å². The van der Waals surface area contributed by atoms with Gasteiger partial charge in [0, 0.05) is 22.1 Å². The smallest absolute Gasteiger partial charge is 0.443 e. The highest BCUT2D eigenvalue weighted by atomic mass is 35.5. The number of carbonyl (C=O) groups excluding carboxylic acids is 1. The molecule has 1 fully saturated rings. The number of nitrogens with zero attached hydrogens (tertiary/aromatic N) is 1. The molecule has 0 unspecified atom stereocenters. The predicted molar refractivity (Wildman–Crippen MR) is 104 cm³/mol. The number of fused-ring (bicyclic) bond motifs is 1. The van der Waals surface area contributed by atoms with Gasteiger partial charge in [0.2, 0.25) is 0 Å². The minimum atomic E-state index is -0.619. The zero-order chi connectivity index (χ0) is 19.5. The molecule has 1 saturated heterocycles. The quantitative estimate of drug-likeness (QED) is 0.692. The first kappa shape index (κ1) is 19.3. The molecule has 1 aliphatic heterocycles. The molecule has 0 N–H and O–H groups in total. The molecule has 0 radical (unpaired) electrons. The Morgan fingerprint density at radius 2 is 1.73 bits per heavy atom. The normalized spacial score (nSPS) is 19.2. The summed E-state index contributed by atoms with van der Waals surface area (Å²) in [4.78, 5) is 12.7. The number of ether oxygens (including phenoxy) is 1. The standard InChI is InChI=1S/C19H25BClNO4/c1-17(2,3)24-16(23)22-11-12(15-13(21)9-8-10-14(15)22)20-25-18(4,5)19(6,7)26-20/h8-11H,1-7H3. The van der Waals surface area contributed by atoms with Crippen molar-refractivity contribution < 1.29 is 18.8 Å². The zero-order valence-corrected chi connectivity index (χ0v) is 17.1. The van der Waals surface area contributed by atoms with Gasteiger partial charge in [0.1, 0.15) is 5.60 Å². The lowest BCUT2D eigenvalue weighted by atomic mass is 9.79. The molecular formula is C19H25BClNO4. The largest absolute Gasteiger partial charge is 0.497 e. The molecule has 0 spiro atoms. The molecule has 26 heavy (non-hydrogen) atoms. The Balaban J connectivity index is 2.12. The summed E-state index contributed by atoms with van der Waals surface area (Å²) in [6.45, 7) is 13.4. The van der Waals surface area contributed by atoms with Gasteiger partial charge in [0.05, 0.1) is 16.7 Å². The van der Waals surface area contributed by atoms with Crippen molar-refractivity contribution >= 4 is 41.2 Å². The van der Waals surface area contributed by atoms with Gasteiger partial charge in [0.25, 0.3) is 0 Å². The Labute approximate surface area is 159 Å². The Morgan fingerprint density at radius 1 is 1.15 bits per heavy atom. The molecule has 0 amide bonds. The van der Waals surface area contributed by atoms with Crippen molar-refractivity contribution in [1.82, 2.24) is 4.57 Å². The maximum atomic E-state index is 12.7. The van der Waals surface area contributed by atoms with Crippen LogP contribution in [0.1, 0.15) is 48.5 Å². The van der Waals surface area contributed by atoms with Gasteiger partial charge in [-0.05, 0) is 60.6 Å². The summed E-state index contributed by atoms with van der Waals surface area (Å²) in [7, 11) is -0.619. The average Bonchev–Trinajstić information content (AvgIpc) is 2.94. The first-order valence-corrected chi connectivity index (χ1v) is 9.09. The van der Waals surface area contributed by atoms with E-state index in [0.29, 0.717) is 10.5 Å². The first-order chi connectivity index (χ1) is 11.8. The molecule has 2 heterocycles. The third-order valence-electron chi connectivity index (χ3n) is 4.91. The van der Waals surface area contributed by atoms with Crippen molar-refractivity contribution in [3.8, 4) is 0 Å². The molecule has 140 valence electrons. The lowest BCUT2D eigenvalue weighted by molar-refractivity contribution is 0.00578. The van der Waals surface area contributed by atoms with Crippen molar-refractivity contribution in [2.75, 3.05) is 0 Å². The average molecular weight is 378 g/mol. The van der Waals surface area contributed by atoms with Crippen LogP contribution in [0.5, 0.6) is 0 Å². The fourth-order valence-electron chi connectivity index (χ4n) is 2.88. The van der Waals surface area contributed by atoms with E-state index < -0.39 is 30.0 Å². The summed E-state index contributed by atoms with van der Waals surface area (Å²) >= 11 is 6.46. The second-order valence-electron chi connectivity index (χ2n) is 8.66. The number of carbonyl (C=O) groups is 1. The van der Waals surface area contributed by atoms with Crippen LogP contribution in [0.2, 0.25) is 5.02 Å². The Morgan fingerprint density at radius 3 is 2.27 bits per heavy atom. The number of hydrogen-bond acceptors (Lipinski definition) is 4. The molecule has 0 atom stereocenters. The number of aromatic nitrogens is 1. The molecule has 1 aromatic carbocycles. The molecule has 7 heteroatoms. The third kappa shape index (κ3) is 3.26. The highest BCUT2D eigenvalue weighted by Gasteiger charge is 2.52. The monoisotopic (exact) mass is 377 g/mol. The van der Waals surface area contributed by atoms with E-state index in [2.05, 4.69) is 0 Å². The van der Waals surface area contributed by atoms with E-state index in [-0.39, 0.29) is 0 Å². The van der Waals surface area contributed by atoms with Crippen LogP contribution in [0.4, 0.5) is 4.79 Å². The van der Waals surface area contributed by atoms with Crippen LogP contribution >= 0.6 is 11.6 Å². The maximum Gasteiger partial charge on any atom is 0.497 e. The molecule has 0 bridgehead atoms. The molecular weight excluding hydrogens is 352 g/mol. The summed E-state index contributed by atoms with van der Waals surface area (Å²) < 4.78 is 19.3. The molecule has 5 nitrogen and oxygen atoms in total. The van der Waals surface area contributed by atoms with Gasteiger partial charge in [0.15, 0.2) is 0 Å². The van der Waals surface area contributed by atoms with Gasteiger partial charge in [-0.3, -0.25) is 4.57 Å². The number of halogens is 1. The van der Waals surface area contributed by atoms with E-state index in [0.717, 1.165) is 10.8 Å². The fourth-order valence-corrected chi connectivity index (χ4v) is 3.16. The van der Waals surface area contributed by atoms with Gasteiger partial charge in [-0.1, -0.05) is 17.7 Å². The van der Waals surface area contributed by atoms with Crippen molar-refractivity contribution in [2.45, 2.75) is 65.3 Å². The van der Waals surface area contributed by atoms with Crippen LogP contribution in [-0.4, -0.2) is 34.6 Å². The summed E-state index contributed by atoms with van der Waals surface area (Å²) in [5.41, 5.74) is -0.193. The van der Waals surface area contributed by atoms with Gasteiger partial charge >= 0.3 is 13.2 Å². The highest BCUT2D eigenvalue weighted by molar-refractivity contribution is 6.66. The van der Waals surface area contributed by atoms with E-state index in [1.165, 1.54) is 4.57 Å². The molecule has 2 aromatic rings. The van der Waals surface area contributed by atoms with Crippen molar-refractivity contribution in [3.63, 3.8) is 0 Å². The topological polar surface area (TPSA) is 49.7 Å². The first-order valence-electron chi connectivity index (χ1n) is 8.71. The number of hydrogen-bond donors (Lipinski definition) is 0. The molecule has 1 aromatic heterocycles. The van der Waals surface area contributed by atoms with E-state index in [9.17, 15) is 4.79 Å². The summed E-state index contributed by atoms with van der Waals surface area (Å²) in [5, 5.41) is 1.27. The maximum absolute atomic E-state index is 12.7. The minimum Gasteiger partial charge on any atom is -0.443 e. The van der Waals surface area contributed by atoms with E-state index in [1.807, 2.05) is 54.5 Å². The zero-order valence-electron chi connectivity index (χ0n) is 16.3. The Bertz CT molecular complexity index is 850. The molecule has 0 aliphatic carbocycles. The lowest BCUT2D eigenvalue weighted by Crippen LogP contribution is -2.41. The molecule has 1 aliphatic rings. The Kier molecular flexibility index (Phi) is 4.45. The van der Waals surface area contributed by atoms with Gasteiger partial charge in [-0.25, -0.2) is 4.79 Å². The van der Waals surface area contributed by atoms with Crippen LogP contribution in [0.15, 0.2) is 24.4 Å². The number of benzene rings is 1. The predicted octanol–water partition coefficient (Wildman–Crippen LogP) is 4.38. The van der Waals surface area contributed by atoms with E-state index in [1.54, 1.807) is 18.3 Å². The van der Waals surface area contributed by atoms with Gasteiger partial charge in [-0.15, -0.1) is 0 Å². The van der Waals surface area contributed by atoms with Crippen LogP contribution in [0.25, 0.3) is 10.9 Å². The second-order valence-corrected chi connectivity index (χ2v) is 9.06. The van der Waals surface area contributed by atoms with E-state index in [4.69, 9.17) is 25.6 Å². The van der Waals surface area contributed by atoms with E-state index >= 15 is 0 Å². The van der Waals surface area contributed by atoms with Gasteiger partial charge < -0.3 is 14.0 Å². The van der Waals surface area contributed by atoms with Crippen molar-refractivity contribution in [2.24, 2.45) is 0 Å². The van der Waals surface area contributed by atoms with Crippen LogP contribution in [0.3, 0.4) is 0 Å². The fraction of sp³-hybridized carbons (Fsp3) is 0.526. The van der Waals surface area contributed by atoms with Crippen LogP contribution < -0.4 is 5.46 Å². The summed E-state index contributed by atoms with van der Waals surface area (Å²) in [6.07, 6.45) is 1.24. The lowest BCUT2D eigenvalue weighted by Gasteiger charge is -2.32. The second kappa shape index (κ2) is 6.01. The third-order valence-corrected chi connectivity index (χ3v) is 5.22.